The summed E-state index contributed by atoms with van der Waals surface area (Å²) in [4.78, 5) is 8.01. The molecule has 1 aliphatic heterocycles. The summed E-state index contributed by atoms with van der Waals surface area (Å²) >= 11 is 0. The number of nitrogens with zero attached hydrogens (tertiary/aromatic N) is 2. The number of methoxy groups -OCH3 is 1. The predicted octanol–water partition coefficient (Wildman–Crippen LogP) is -0.164. The van der Waals surface area contributed by atoms with Crippen molar-refractivity contribution >= 4 is 0 Å². The fourth-order valence-corrected chi connectivity index (χ4v) is 0.987. The largest absolute Gasteiger partial charge is 0.480 e. The van der Waals surface area contributed by atoms with Crippen molar-refractivity contribution in [2.24, 2.45) is 0 Å². The van der Waals surface area contributed by atoms with Gasteiger partial charge in [-0.25, -0.2) is 9.97 Å². The van der Waals surface area contributed by atoms with Gasteiger partial charge in [-0.3, -0.25) is 0 Å². The van der Waals surface area contributed by atoms with E-state index in [1.807, 2.05) is 0 Å². The van der Waals surface area contributed by atoms with Crippen LogP contribution in [0.25, 0.3) is 0 Å². The topological polar surface area (TPSA) is 56.3 Å². The molecular weight excluding hydrogens is 170 g/mol. The van der Waals surface area contributed by atoms with Gasteiger partial charge in [0.25, 0.3) is 0 Å². The van der Waals surface area contributed by atoms with Gasteiger partial charge in [0.15, 0.2) is 0 Å². The summed E-state index contributed by atoms with van der Waals surface area (Å²) in [6.07, 6.45) is 3.35. The molecule has 0 amide bonds. The van der Waals surface area contributed by atoms with Crippen LogP contribution in [0.1, 0.15) is 0 Å². The lowest BCUT2D eigenvalue weighted by Gasteiger charge is -2.26. The first-order valence-electron chi connectivity index (χ1n) is 4.12. The molecule has 0 aromatic carbocycles. The quantitative estimate of drug-likeness (QED) is 0.702. The Morgan fingerprint density at radius 2 is 2.00 bits per heavy atom. The van der Waals surface area contributed by atoms with Crippen LogP contribution < -0.4 is 14.8 Å². The molecule has 0 unspecified atom stereocenters. The summed E-state index contributed by atoms with van der Waals surface area (Å²) in [5.74, 6) is 1.05. The maximum atomic E-state index is 5.46. The standard InChI is InChI=1S/C8H11N3O2/c1-12-7-4-11-8(5-10-7)13-6-2-9-3-6/h4-6,9H,2-3H2,1H3. The SMILES string of the molecule is COc1cnc(OC2CNC2)cn1. The molecule has 5 heteroatoms. The van der Waals surface area contributed by atoms with Crippen LogP contribution in [-0.4, -0.2) is 36.3 Å². The first kappa shape index (κ1) is 8.25. The van der Waals surface area contributed by atoms with Gasteiger partial charge >= 0.3 is 0 Å². The van der Waals surface area contributed by atoms with Crippen LogP contribution in [-0.2, 0) is 0 Å². The molecule has 0 radical (unpaired) electrons. The molecule has 0 bridgehead atoms. The van der Waals surface area contributed by atoms with E-state index in [1.54, 1.807) is 19.5 Å². The van der Waals surface area contributed by atoms with E-state index in [-0.39, 0.29) is 6.10 Å². The molecule has 1 aromatic heterocycles. The summed E-state index contributed by atoms with van der Waals surface area (Å²) in [5, 5.41) is 3.11. The first-order chi connectivity index (χ1) is 6.38. The van der Waals surface area contributed by atoms with E-state index < -0.39 is 0 Å². The second-order valence-electron chi connectivity index (χ2n) is 2.80. The molecule has 1 fully saturated rings. The number of rotatable bonds is 3. The van der Waals surface area contributed by atoms with Crippen molar-refractivity contribution in [2.45, 2.75) is 6.10 Å². The lowest BCUT2D eigenvalue weighted by Crippen LogP contribution is -2.50. The van der Waals surface area contributed by atoms with Crippen molar-refractivity contribution in [3.05, 3.63) is 12.4 Å². The van der Waals surface area contributed by atoms with Crippen molar-refractivity contribution in [2.75, 3.05) is 20.2 Å². The van der Waals surface area contributed by atoms with Crippen molar-refractivity contribution in [3.8, 4) is 11.8 Å². The van der Waals surface area contributed by atoms with E-state index in [2.05, 4.69) is 15.3 Å². The second kappa shape index (κ2) is 3.57. The molecule has 5 nitrogen and oxygen atoms in total. The highest BCUT2D eigenvalue weighted by Crippen LogP contribution is 2.11. The van der Waals surface area contributed by atoms with Gasteiger partial charge < -0.3 is 14.8 Å². The predicted molar refractivity (Wildman–Crippen MR) is 45.9 cm³/mol. The Bertz CT molecular complexity index is 271. The summed E-state index contributed by atoms with van der Waals surface area (Å²) in [6.45, 7) is 1.77. The Labute approximate surface area is 76.1 Å². The lowest BCUT2D eigenvalue weighted by molar-refractivity contribution is 0.135. The van der Waals surface area contributed by atoms with Crippen molar-refractivity contribution in [3.63, 3.8) is 0 Å². The van der Waals surface area contributed by atoms with Crippen LogP contribution in [0, 0.1) is 0 Å². The van der Waals surface area contributed by atoms with Gasteiger partial charge in [0.1, 0.15) is 6.10 Å². The van der Waals surface area contributed by atoms with Crippen LogP contribution in [0.5, 0.6) is 11.8 Å². The van der Waals surface area contributed by atoms with E-state index in [9.17, 15) is 0 Å². The lowest BCUT2D eigenvalue weighted by atomic mass is 10.2. The minimum Gasteiger partial charge on any atom is -0.480 e. The molecule has 13 heavy (non-hydrogen) atoms. The third-order valence-corrected chi connectivity index (χ3v) is 1.85. The normalized spacial score (nSPS) is 16.4. The molecule has 0 saturated carbocycles. The van der Waals surface area contributed by atoms with Crippen LogP contribution >= 0.6 is 0 Å². The third kappa shape index (κ3) is 1.86. The van der Waals surface area contributed by atoms with Gasteiger partial charge in [0, 0.05) is 13.1 Å². The summed E-state index contributed by atoms with van der Waals surface area (Å²) in [5.41, 5.74) is 0. The van der Waals surface area contributed by atoms with Crippen molar-refractivity contribution in [1.82, 2.24) is 15.3 Å². The fourth-order valence-electron chi connectivity index (χ4n) is 0.987. The zero-order chi connectivity index (χ0) is 9.10. The number of nitrogens with one attached hydrogen (secondary N) is 1. The Balaban J connectivity index is 1.96. The zero-order valence-electron chi connectivity index (χ0n) is 7.36. The molecule has 1 saturated heterocycles. The summed E-state index contributed by atoms with van der Waals surface area (Å²) in [7, 11) is 1.56. The summed E-state index contributed by atoms with van der Waals surface area (Å²) in [6, 6.07) is 0. The van der Waals surface area contributed by atoms with Gasteiger partial charge in [-0.15, -0.1) is 0 Å². The monoisotopic (exact) mass is 181 g/mol. The molecule has 0 aliphatic carbocycles. The molecule has 0 atom stereocenters. The molecular formula is C8H11N3O2. The summed E-state index contributed by atoms with van der Waals surface area (Å²) < 4.78 is 10.3. The number of ether oxygens (including phenoxy) is 2. The van der Waals surface area contributed by atoms with Crippen LogP contribution in [0.2, 0.25) is 0 Å². The zero-order valence-corrected chi connectivity index (χ0v) is 7.36. The third-order valence-electron chi connectivity index (χ3n) is 1.85. The minimum atomic E-state index is 0.239. The second-order valence-corrected chi connectivity index (χ2v) is 2.80. The smallest absolute Gasteiger partial charge is 0.232 e. The molecule has 1 N–H and O–H groups in total. The maximum absolute atomic E-state index is 5.46. The van der Waals surface area contributed by atoms with Crippen LogP contribution in [0.3, 0.4) is 0 Å². The van der Waals surface area contributed by atoms with Gasteiger partial charge in [0.05, 0.1) is 19.5 Å². The highest BCUT2D eigenvalue weighted by molar-refractivity contribution is 5.11. The molecule has 70 valence electrons. The fraction of sp³-hybridized carbons (Fsp3) is 0.500. The molecule has 1 aliphatic rings. The Kier molecular flexibility index (Phi) is 2.27. The van der Waals surface area contributed by atoms with Gasteiger partial charge in [-0.2, -0.15) is 0 Å². The number of hydrogen-bond donors (Lipinski definition) is 1. The molecule has 0 spiro atoms. The Morgan fingerprint density at radius 1 is 1.31 bits per heavy atom. The van der Waals surface area contributed by atoms with Gasteiger partial charge in [-0.05, 0) is 0 Å². The van der Waals surface area contributed by atoms with E-state index >= 15 is 0 Å². The van der Waals surface area contributed by atoms with E-state index in [0.29, 0.717) is 11.8 Å². The highest BCUT2D eigenvalue weighted by atomic mass is 16.5. The first-order valence-corrected chi connectivity index (χ1v) is 4.12. The Hall–Kier alpha value is -1.36. The van der Waals surface area contributed by atoms with Crippen molar-refractivity contribution < 1.29 is 9.47 Å². The molecule has 2 heterocycles. The van der Waals surface area contributed by atoms with E-state index in [4.69, 9.17) is 9.47 Å². The van der Waals surface area contributed by atoms with Crippen LogP contribution in [0.15, 0.2) is 12.4 Å². The minimum absolute atomic E-state index is 0.239. The van der Waals surface area contributed by atoms with E-state index in [0.717, 1.165) is 13.1 Å². The van der Waals surface area contributed by atoms with Crippen LogP contribution in [0.4, 0.5) is 0 Å². The van der Waals surface area contributed by atoms with Gasteiger partial charge in [0.2, 0.25) is 11.8 Å². The highest BCUT2D eigenvalue weighted by Gasteiger charge is 2.18. The molecule has 1 aromatic rings. The average Bonchev–Trinajstić information content (AvgIpc) is 2.12. The maximum Gasteiger partial charge on any atom is 0.232 e. The molecule has 2 rings (SSSR count). The number of aromatic nitrogens is 2. The van der Waals surface area contributed by atoms with Gasteiger partial charge in [-0.1, -0.05) is 0 Å². The Morgan fingerprint density at radius 3 is 2.46 bits per heavy atom. The van der Waals surface area contributed by atoms with Crippen molar-refractivity contribution in [1.29, 1.82) is 0 Å². The van der Waals surface area contributed by atoms with E-state index in [1.165, 1.54) is 0 Å². The average molecular weight is 181 g/mol. The number of hydrogen-bond acceptors (Lipinski definition) is 5.